The molecule has 0 bridgehead atoms. The molecular weight excluding hydrogens is 417 g/mol. The van der Waals surface area contributed by atoms with Crippen molar-refractivity contribution >= 4 is 23.4 Å². The van der Waals surface area contributed by atoms with E-state index in [1.165, 1.54) is 30.3 Å². The number of anilines is 1. The molecule has 0 aromatic heterocycles. The fourth-order valence-corrected chi connectivity index (χ4v) is 3.53. The highest BCUT2D eigenvalue weighted by Gasteiger charge is 2.38. The first-order chi connectivity index (χ1) is 14.7. The Morgan fingerprint density at radius 3 is 2.45 bits per heavy atom. The summed E-state index contributed by atoms with van der Waals surface area (Å²) in [5, 5.41) is 2.53. The number of alkyl halides is 3. The van der Waals surface area contributed by atoms with Crippen LogP contribution in [0.5, 0.6) is 5.75 Å². The number of fused-ring (bicyclic) bond motifs is 1. The van der Waals surface area contributed by atoms with Crippen molar-refractivity contribution in [2.45, 2.75) is 25.3 Å². The van der Waals surface area contributed by atoms with E-state index >= 15 is 0 Å². The van der Waals surface area contributed by atoms with E-state index in [1.54, 1.807) is 0 Å². The van der Waals surface area contributed by atoms with Gasteiger partial charge >= 0.3 is 6.36 Å². The minimum absolute atomic E-state index is 0.129. The number of hydrogen-bond acceptors (Lipinski definition) is 5. The van der Waals surface area contributed by atoms with Gasteiger partial charge in [0, 0.05) is 17.9 Å². The molecule has 1 saturated heterocycles. The third-order valence-electron chi connectivity index (χ3n) is 4.99. The molecule has 10 heteroatoms. The summed E-state index contributed by atoms with van der Waals surface area (Å²) in [7, 11) is 0. The highest BCUT2D eigenvalue weighted by molar-refractivity contribution is 6.22. The topological polar surface area (TPSA) is 84.9 Å². The molecule has 0 radical (unpaired) electrons. The number of hydrogen-bond donors (Lipinski definition) is 1. The number of nitrogens with zero attached hydrogens (tertiary/aromatic N) is 1. The van der Waals surface area contributed by atoms with Gasteiger partial charge in [-0.3, -0.25) is 19.3 Å². The van der Waals surface area contributed by atoms with Crippen LogP contribution in [-0.4, -0.2) is 48.2 Å². The maximum absolute atomic E-state index is 12.7. The number of nitrogens with one attached hydrogen (secondary N) is 1. The van der Waals surface area contributed by atoms with Gasteiger partial charge in [0.2, 0.25) is 0 Å². The zero-order valence-electron chi connectivity index (χ0n) is 16.1. The minimum Gasteiger partial charge on any atom is -0.406 e. The van der Waals surface area contributed by atoms with Gasteiger partial charge in [0.25, 0.3) is 17.7 Å². The Morgan fingerprint density at radius 1 is 1.10 bits per heavy atom. The molecule has 1 atom stereocenters. The lowest BCUT2D eigenvalue weighted by Gasteiger charge is -2.17. The van der Waals surface area contributed by atoms with Crippen molar-refractivity contribution in [1.29, 1.82) is 0 Å². The maximum atomic E-state index is 12.7. The fourth-order valence-electron chi connectivity index (χ4n) is 3.53. The summed E-state index contributed by atoms with van der Waals surface area (Å²) in [5.41, 5.74) is 0.717. The first-order valence-electron chi connectivity index (χ1n) is 9.50. The van der Waals surface area contributed by atoms with Crippen LogP contribution in [0.4, 0.5) is 18.9 Å². The molecule has 1 fully saturated rings. The van der Waals surface area contributed by atoms with Crippen LogP contribution in [0.3, 0.4) is 0 Å². The van der Waals surface area contributed by atoms with Gasteiger partial charge in [0.1, 0.15) is 5.75 Å². The molecular formula is C21H17F3N2O5. The molecule has 0 aliphatic carbocycles. The minimum atomic E-state index is -4.81. The third-order valence-corrected chi connectivity index (χ3v) is 4.99. The standard InChI is InChI=1S/C21H17F3N2O5/c22-21(23,24)31-14-6-4-13(5-7-14)25-18(27)12-3-8-16-17(10-12)20(29)26(19(16)28)11-15-2-1-9-30-15/h3-8,10,15H,1-2,9,11H2,(H,25,27)/t15-/m0/s1. The molecule has 0 spiro atoms. The van der Waals surface area contributed by atoms with E-state index in [0.717, 1.165) is 29.9 Å². The Balaban J connectivity index is 1.46. The lowest BCUT2D eigenvalue weighted by molar-refractivity contribution is -0.274. The molecule has 1 N–H and O–H groups in total. The normalized spacial score (nSPS) is 18.3. The van der Waals surface area contributed by atoms with Gasteiger partial charge in [-0.1, -0.05) is 0 Å². The van der Waals surface area contributed by atoms with Crippen LogP contribution in [-0.2, 0) is 4.74 Å². The van der Waals surface area contributed by atoms with Crippen molar-refractivity contribution in [3.63, 3.8) is 0 Å². The Bertz CT molecular complexity index is 1030. The molecule has 2 aliphatic heterocycles. The molecule has 7 nitrogen and oxygen atoms in total. The van der Waals surface area contributed by atoms with E-state index < -0.39 is 29.8 Å². The SMILES string of the molecule is O=C(Nc1ccc(OC(F)(F)F)cc1)c1ccc2c(c1)C(=O)N(C[C@@H]1CCCO1)C2=O. The Labute approximate surface area is 174 Å². The number of halogens is 3. The highest BCUT2D eigenvalue weighted by Crippen LogP contribution is 2.27. The molecule has 2 heterocycles. The number of carbonyl (C=O) groups excluding carboxylic acids is 3. The summed E-state index contributed by atoms with van der Waals surface area (Å²) in [6, 6.07) is 8.81. The monoisotopic (exact) mass is 434 g/mol. The maximum Gasteiger partial charge on any atom is 0.573 e. The molecule has 3 amide bonds. The number of amides is 3. The summed E-state index contributed by atoms with van der Waals surface area (Å²) in [5.74, 6) is -1.91. The van der Waals surface area contributed by atoms with Gasteiger partial charge in [0.05, 0.1) is 23.8 Å². The van der Waals surface area contributed by atoms with Crippen molar-refractivity contribution in [3.8, 4) is 5.75 Å². The Morgan fingerprint density at radius 2 is 1.81 bits per heavy atom. The van der Waals surface area contributed by atoms with Crippen molar-refractivity contribution < 1.29 is 37.0 Å². The second-order valence-electron chi connectivity index (χ2n) is 7.14. The lowest BCUT2D eigenvalue weighted by atomic mass is 10.1. The highest BCUT2D eigenvalue weighted by atomic mass is 19.4. The molecule has 31 heavy (non-hydrogen) atoms. The van der Waals surface area contributed by atoms with Crippen LogP contribution in [0.2, 0.25) is 0 Å². The van der Waals surface area contributed by atoms with Gasteiger partial charge in [-0.2, -0.15) is 0 Å². The molecule has 0 unspecified atom stereocenters. The molecule has 2 aliphatic rings. The van der Waals surface area contributed by atoms with Gasteiger partial charge < -0.3 is 14.8 Å². The first-order valence-corrected chi connectivity index (χ1v) is 9.50. The lowest BCUT2D eigenvalue weighted by Crippen LogP contribution is -2.36. The summed E-state index contributed by atoms with van der Waals surface area (Å²) in [6.45, 7) is 0.766. The van der Waals surface area contributed by atoms with Gasteiger partial charge in [-0.15, -0.1) is 13.2 Å². The van der Waals surface area contributed by atoms with Crippen molar-refractivity contribution in [2.24, 2.45) is 0 Å². The van der Waals surface area contributed by atoms with Gasteiger partial charge in [-0.05, 0) is 55.3 Å². The first kappa shape index (κ1) is 20.9. The predicted molar refractivity (Wildman–Crippen MR) is 102 cm³/mol. The number of rotatable bonds is 5. The van der Waals surface area contributed by atoms with E-state index in [4.69, 9.17) is 4.74 Å². The van der Waals surface area contributed by atoms with Crippen molar-refractivity contribution in [3.05, 3.63) is 59.2 Å². The van der Waals surface area contributed by atoms with Crippen molar-refractivity contribution in [2.75, 3.05) is 18.5 Å². The zero-order valence-corrected chi connectivity index (χ0v) is 16.1. The number of carbonyl (C=O) groups is 3. The van der Waals surface area contributed by atoms with E-state index in [1.807, 2.05) is 0 Å². The summed E-state index contributed by atoms with van der Waals surface area (Å²) >= 11 is 0. The Hall–Kier alpha value is -3.40. The molecule has 4 rings (SSSR count). The van der Waals surface area contributed by atoms with Gasteiger partial charge in [-0.25, -0.2) is 0 Å². The number of benzene rings is 2. The molecule has 2 aromatic rings. The van der Waals surface area contributed by atoms with E-state index in [2.05, 4.69) is 10.1 Å². The van der Waals surface area contributed by atoms with E-state index in [0.29, 0.717) is 6.61 Å². The predicted octanol–water partition coefficient (Wildman–Crippen LogP) is 3.61. The summed E-state index contributed by atoms with van der Waals surface area (Å²) in [4.78, 5) is 38.9. The quantitative estimate of drug-likeness (QED) is 0.727. The van der Waals surface area contributed by atoms with Crippen LogP contribution in [0.1, 0.15) is 43.9 Å². The van der Waals surface area contributed by atoms with Gasteiger partial charge in [0.15, 0.2) is 0 Å². The average Bonchev–Trinajstić information content (AvgIpc) is 3.31. The zero-order chi connectivity index (χ0) is 22.2. The fraction of sp³-hybridized carbons (Fsp3) is 0.286. The van der Waals surface area contributed by atoms with E-state index in [9.17, 15) is 27.6 Å². The second kappa shape index (κ2) is 8.03. The molecule has 162 valence electrons. The van der Waals surface area contributed by atoms with Crippen LogP contribution >= 0.6 is 0 Å². The van der Waals surface area contributed by atoms with Crippen molar-refractivity contribution in [1.82, 2.24) is 4.90 Å². The molecule has 2 aromatic carbocycles. The average molecular weight is 434 g/mol. The number of imide groups is 1. The third kappa shape index (κ3) is 4.53. The van der Waals surface area contributed by atoms with Crippen LogP contribution in [0.15, 0.2) is 42.5 Å². The smallest absolute Gasteiger partial charge is 0.406 e. The summed E-state index contributed by atoms with van der Waals surface area (Å²) < 4.78 is 46.0. The Kier molecular flexibility index (Phi) is 5.40. The van der Waals surface area contributed by atoms with Crippen LogP contribution < -0.4 is 10.1 Å². The van der Waals surface area contributed by atoms with Crippen LogP contribution in [0.25, 0.3) is 0 Å². The van der Waals surface area contributed by atoms with Crippen LogP contribution in [0, 0.1) is 0 Å². The summed E-state index contributed by atoms with van der Waals surface area (Å²) in [6.07, 6.45) is -3.35. The largest absolute Gasteiger partial charge is 0.573 e. The number of ether oxygens (including phenoxy) is 2. The second-order valence-corrected chi connectivity index (χ2v) is 7.14. The molecule has 0 saturated carbocycles. The van der Waals surface area contributed by atoms with E-state index in [-0.39, 0.29) is 35.0 Å².